The molecule has 2 unspecified atom stereocenters. The molecule has 0 aliphatic heterocycles. The highest BCUT2D eigenvalue weighted by Crippen LogP contribution is 2.27. The van der Waals surface area contributed by atoms with Gasteiger partial charge in [-0.15, -0.1) is 11.6 Å². The maximum absolute atomic E-state index is 9.82. The van der Waals surface area contributed by atoms with Crippen molar-refractivity contribution in [2.75, 3.05) is 5.88 Å². The summed E-state index contributed by atoms with van der Waals surface area (Å²) in [6.07, 6.45) is -1.85. The zero-order chi connectivity index (χ0) is 12.1. The summed E-state index contributed by atoms with van der Waals surface area (Å²) in [5.41, 5.74) is 0.731. The lowest BCUT2D eigenvalue weighted by Gasteiger charge is -2.18. The molecule has 0 saturated carbocycles. The topological polar surface area (TPSA) is 64.2 Å². The monoisotopic (exact) mass is 259 g/mol. The van der Waals surface area contributed by atoms with Crippen LogP contribution in [0.15, 0.2) is 18.2 Å². The minimum Gasteiger partial charge on any atom is -0.390 e. The molecule has 0 aromatic heterocycles. The van der Waals surface area contributed by atoms with Crippen molar-refractivity contribution in [3.63, 3.8) is 0 Å². The second kappa shape index (κ2) is 6.07. The fourth-order valence-corrected chi connectivity index (χ4v) is 1.77. The van der Waals surface area contributed by atoms with Crippen molar-refractivity contribution in [1.82, 2.24) is 0 Å². The Kier molecular flexibility index (Phi) is 5.04. The summed E-state index contributed by atoms with van der Waals surface area (Å²) in [5, 5.41) is 28.4. The van der Waals surface area contributed by atoms with Gasteiger partial charge in [0.05, 0.1) is 17.7 Å². The Morgan fingerprint density at radius 2 is 2.06 bits per heavy atom. The zero-order valence-corrected chi connectivity index (χ0v) is 9.91. The molecule has 0 heterocycles. The third-order valence-corrected chi connectivity index (χ3v) is 2.78. The third-order valence-electron chi connectivity index (χ3n) is 2.21. The van der Waals surface area contributed by atoms with E-state index in [-0.39, 0.29) is 12.3 Å². The molecule has 16 heavy (non-hydrogen) atoms. The van der Waals surface area contributed by atoms with Crippen molar-refractivity contribution >= 4 is 23.2 Å². The number of alkyl halides is 1. The van der Waals surface area contributed by atoms with Crippen molar-refractivity contribution in [2.24, 2.45) is 0 Å². The third kappa shape index (κ3) is 3.10. The van der Waals surface area contributed by atoms with Gasteiger partial charge in [0.25, 0.3) is 0 Å². The molecule has 0 fully saturated rings. The molecule has 2 atom stereocenters. The van der Waals surface area contributed by atoms with Gasteiger partial charge >= 0.3 is 0 Å². The van der Waals surface area contributed by atoms with Crippen LogP contribution in [0.1, 0.15) is 23.7 Å². The van der Waals surface area contributed by atoms with Crippen LogP contribution in [0.25, 0.3) is 0 Å². The van der Waals surface area contributed by atoms with Crippen molar-refractivity contribution < 1.29 is 10.2 Å². The number of nitriles is 1. The Bertz CT molecular complexity index is 403. The number of aliphatic hydroxyl groups excluding tert-OH is 2. The molecule has 0 amide bonds. The minimum atomic E-state index is -1.13. The lowest BCUT2D eigenvalue weighted by Crippen LogP contribution is -2.19. The van der Waals surface area contributed by atoms with Gasteiger partial charge in [-0.05, 0) is 24.6 Å². The van der Waals surface area contributed by atoms with Crippen LogP contribution in [-0.4, -0.2) is 22.2 Å². The van der Waals surface area contributed by atoms with Crippen molar-refractivity contribution in [1.29, 1.82) is 5.26 Å². The van der Waals surface area contributed by atoms with Gasteiger partial charge in [0.1, 0.15) is 6.10 Å². The number of rotatable bonds is 4. The van der Waals surface area contributed by atoms with E-state index in [1.54, 1.807) is 6.07 Å². The van der Waals surface area contributed by atoms with Gasteiger partial charge in [0, 0.05) is 16.5 Å². The van der Waals surface area contributed by atoms with E-state index in [4.69, 9.17) is 28.5 Å². The molecule has 0 bridgehead atoms. The van der Waals surface area contributed by atoms with Gasteiger partial charge < -0.3 is 10.2 Å². The second-order valence-corrected chi connectivity index (χ2v) is 4.12. The van der Waals surface area contributed by atoms with Crippen molar-refractivity contribution in [3.8, 4) is 6.07 Å². The van der Waals surface area contributed by atoms with E-state index < -0.39 is 12.2 Å². The van der Waals surface area contributed by atoms with E-state index in [1.807, 2.05) is 6.07 Å². The maximum atomic E-state index is 9.82. The largest absolute Gasteiger partial charge is 0.390 e. The maximum Gasteiger partial charge on any atom is 0.106 e. The normalized spacial score (nSPS) is 14.2. The summed E-state index contributed by atoms with van der Waals surface area (Å²) < 4.78 is 0. The summed E-state index contributed by atoms with van der Waals surface area (Å²) in [4.78, 5) is 0. The number of aliphatic hydroxyl groups is 2. The molecule has 1 rings (SSSR count). The Morgan fingerprint density at radius 3 is 2.62 bits per heavy atom. The summed E-state index contributed by atoms with van der Waals surface area (Å²) >= 11 is 11.3. The number of halogens is 2. The second-order valence-electron chi connectivity index (χ2n) is 3.34. The fourth-order valence-electron chi connectivity index (χ4n) is 1.32. The first-order valence-electron chi connectivity index (χ1n) is 4.71. The predicted octanol–water partition coefficient (Wildman–Crippen LogP) is 2.23. The Morgan fingerprint density at radius 1 is 1.38 bits per heavy atom. The molecular weight excluding hydrogens is 249 g/mol. The van der Waals surface area contributed by atoms with Gasteiger partial charge in [0.15, 0.2) is 0 Å². The molecule has 2 N–H and O–H groups in total. The molecule has 0 radical (unpaired) electrons. The summed E-state index contributed by atoms with van der Waals surface area (Å²) in [6, 6.07) is 6.47. The van der Waals surface area contributed by atoms with Gasteiger partial charge in [-0.2, -0.15) is 5.26 Å². The van der Waals surface area contributed by atoms with Gasteiger partial charge in [0.2, 0.25) is 0 Å². The molecule has 86 valence electrons. The lowest BCUT2D eigenvalue weighted by atomic mass is 10.0. The average molecular weight is 260 g/mol. The Balaban J connectivity index is 2.98. The SMILES string of the molecule is N#Cc1ccc(Cl)c(C(O)C(O)CCCl)c1. The Labute approximate surface area is 104 Å². The van der Waals surface area contributed by atoms with Gasteiger partial charge in [-0.1, -0.05) is 11.6 Å². The molecule has 5 heteroatoms. The molecule has 0 aliphatic carbocycles. The van der Waals surface area contributed by atoms with Crippen LogP contribution in [0.3, 0.4) is 0 Å². The van der Waals surface area contributed by atoms with E-state index in [0.29, 0.717) is 16.1 Å². The molecule has 0 aliphatic rings. The van der Waals surface area contributed by atoms with Crippen LogP contribution >= 0.6 is 23.2 Å². The van der Waals surface area contributed by atoms with E-state index in [2.05, 4.69) is 0 Å². The predicted molar refractivity (Wildman–Crippen MR) is 62.5 cm³/mol. The van der Waals surface area contributed by atoms with Crippen LogP contribution < -0.4 is 0 Å². The average Bonchev–Trinajstić information content (AvgIpc) is 2.29. The number of hydrogen-bond donors (Lipinski definition) is 2. The standard InChI is InChI=1S/C11H11Cl2NO2/c12-4-3-10(15)11(16)8-5-7(6-14)1-2-9(8)13/h1-2,5,10-11,15-16H,3-4H2. The molecule has 0 spiro atoms. The minimum absolute atomic E-state index is 0.244. The highest BCUT2D eigenvalue weighted by molar-refractivity contribution is 6.31. The van der Waals surface area contributed by atoms with Crippen LogP contribution in [0.2, 0.25) is 5.02 Å². The van der Waals surface area contributed by atoms with Crippen LogP contribution in [0.5, 0.6) is 0 Å². The van der Waals surface area contributed by atoms with E-state index in [1.165, 1.54) is 12.1 Å². The van der Waals surface area contributed by atoms with Gasteiger partial charge in [-0.25, -0.2) is 0 Å². The molecular formula is C11H11Cl2NO2. The highest BCUT2D eigenvalue weighted by Gasteiger charge is 2.20. The first-order valence-corrected chi connectivity index (χ1v) is 5.63. The van der Waals surface area contributed by atoms with Crippen LogP contribution in [-0.2, 0) is 0 Å². The van der Waals surface area contributed by atoms with Crippen LogP contribution in [0.4, 0.5) is 0 Å². The molecule has 1 aromatic rings. The lowest BCUT2D eigenvalue weighted by molar-refractivity contribution is 0.0170. The highest BCUT2D eigenvalue weighted by atomic mass is 35.5. The first-order chi connectivity index (χ1) is 7.60. The first kappa shape index (κ1) is 13.3. The summed E-state index contributed by atoms with van der Waals surface area (Å²) in [5.74, 6) is 0.244. The summed E-state index contributed by atoms with van der Waals surface area (Å²) in [7, 11) is 0. The number of benzene rings is 1. The van der Waals surface area contributed by atoms with E-state index >= 15 is 0 Å². The van der Waals surface area contributed by atoms with E-state index in [9.17, 15) is 10.2 Å². The zero-order valence-electron chi connectivity index (χ0n) is 8.40. The van der Waals surface area contributed by atoms with Crippen molar-refractivity contribution in [3.05, 3.63) is 34.3 Å². The van der Waals surface area contributed by atoms with E-state index in [0.717, 1.165) is 0 Å². The number of nitrogens with zero attached hydrogens (tertiary/aromatic N) is 1. The molecule has 0 saturated heterocycles. The quantitative estimate of drug-likeness (QED) is 0.816. The summed E-state index contributed by atoms with van der Waals surface area (Å²) in [6.45, 7) is 0. The van der Waals surface area contributed by atoms with Crippen LogP contribution in [0, 0.1) is 11.3 Å². The Hall–Kier alpha value is -0.790. The number of hydrogen-bond acceptors (Lipinski definition) is 3. The van der Waals surface area contributed by atoms with Crippen molar-refractivity contribution in [2.45, 2.75) is 18.6 Å². The molecule has 3 nitrogen and oxygen atoms in total. The smallest absolute Gasteiger partial charge is 0.106 e. The molecule has 1 aromatic carbocycles. The fraction of sp³-hybridized carbons (Fsp3) is 0.364. The van der Waals surface area contributed by atoms with Gasteiger partial charge in [-0.3, -0.25) is 0 Å².